The molecule has 96 valence electrons. The highest BCUT2D eigenvalue weighted by atomic mass is 79.9. The van der Waals surface area contributed by atoms with Crippen molar-refractivity contribution in [1.82, 2.24) is 9.97 Å². The van der Waals surface area contributed by atoms with Gasteiger partial charge in [-0.2, -0.15) is 13.2 Å². The van der Waals surface area contributed by atoms with E-state index in [2.05, 4.69) is 31.2 Å². The van der Waals surface area contributed by atoms with Crippen LogP contribution in [0.25, 0.3) is 0 Å². The van der Waals surface area contributed by atoms with E-state index in [9.17, 15) is 13.2 Å². The number of nitrogens with zero attached hydrogens (tertiary/aromatic N) is 2. The lowest BCUT2D eigenvalue weighted by Gasteiger charge is -2.10. The molecule has 3 nitrogen and oxygen atoms in total. The minimum Gasteiger partial charge on any atom is -0.372 e. The highest BCUT2D eigenvalue weighted by molar-refractivity contribution is 9.10. The summed E-state index contributed by atoms with van der Waals surface area (Å²) in [5.74, 6) is 0.737. The normalized spacial score (nSPS) is 11.6. The lowest BCUT2D eigenvalue weighted by atomic mass is 10.2. The summed E-state index contributed by atoms with van der Waals surface area (Å²) in [7, 11) is 1.67. The van der Waals surface area contributed by atoms with E-state index in [1.54, 1.807) is 7.05 Å². The zero-order valence-corrected chi connectivity index (χ0v) is 11.1. The molecule has 1 aromatic heterocycles. The minimum atomic E-state index is -4.18. The molecule has 0 bridgehead atoms. The molecule has 0 aliphatic carbocycles. The first-order chi connectivity index (χ1) is 7.87. The number of hydrogen-bond donors (Lipinski definition) is 1. The predicted octanol–water partition coefficient (Wildman–Crippen LogP) is 3.34. The molecule has 0 radical (unpaired) electrons. The van der Waals surface area contributed by atoms with Gasteiger partial charge in [-0.15, -0.1) is 0 Å². The molecule has 1 N–H and O–H groups in total. The van der Waals surface area contributed by atoms with Crippen molar-refractivity contribution >= 4 is 21.7 Å². The third-order valence-electron chi connectivity index (χ3n) is 2.17. The Hall–Kier alpha value is -0.850. The van der Waals surface area contributed by atoms with Gasteiger partial charge in [0, 0.05) is 13.5 Å². The van der Waals surface area contributed by atoms with E-state index in [1.165, 1.54) is 0 Å². The average Bonchev–Trinajstić information content (AvgIpc) is 2.26. The van der Waals surface area contributed by atoms with Gasteiger partial charge in [-0.25, -0.2) is 9.97 Å². The maximum atomic E-state index is 12.1. The van der Waals surface area contributed by atoms with Crippen molar-refractivity contribution in [2.45, 2.75) is 32.4 Å². The maximum absolute atomic E-state index is 12.1. The van der Waals surface area contributed by atoms with Gasteiger partial charge in [0.2, 0.25) is 0 Å². The number of rotatable bonds is 4. The number of aryl methyl sites for hydroxylation is 2. The lowest BCUT2D eigenvalue weighted by molar-refractivity contribution is -0.134. The fourth-order valence-corrected chi connectivity index (χ4v) is 1.97. The molecular formula is C10H13BrF3N3. The van der Waals surface area contributed by atoms with Crippen LogP contribution in [0.5, 0.6) is 0 Å². The van der Waals surface area contributed by atoms with Crippen LogP contribution in [0, 0.1) is 0 Å². The SMILES string of the molecule is CCc1nc(CCC(F)(F)F)nc(NC)c1Br. The molecule has 0 aliphatic heterocycles. The number of halogens is 4. The second kappa shape index (κ2) is 5.66. The fraction of sp³-hybridized carbons (Fsp3) is 0.600. The van der Waals surface area contributed by atoms with Crippen LogP contribution < -0.4 is 5.32 Å². The third kappa shape index (κ3) is 4.14. The van der Waals surface area contributed by atoms with Crippen molar-refractivity contribution in [1.29, 1.82) is 0 Å². The molecule has 0 fully saturated rings. The summed E-state index contributed by atoms with van der Waals surface area (Å²) in [6, 6.07) is 0. The molecule has 0 atom stereocenters. The van der Waals surface area contributed by atoms with Crippen molar-refractivity contribution in [3.63, 3.8) is 0 Å². The molecule has 17 heavy (non-hydrogen) atoms. The third-order valence-corrected chi connectivity index (χ3v) is 3.00. The van der Waals surface area contributed by atoms with Gasteiger partial charge in [-0.3, -0.25) is 0 Å². The fourth-order valence-electron chi connectivity index (χ4n) is 1.31. The van der Waals surface area contributed by atoms with E-state index in [1.807, 2.05) is 6.92 Å². The molecule has 0 saturated carbocycles. The van der Waals surface area contributed by atoms with Crippen LogP contribution in [-0.4, -0.2) is 23.2 Å². The molecule has 0 aliphatic rings. The van der Waals surface area contributed by atoms with Gasteiger partial charge in [-0.1, -0.05) is 6.92 Å². The molecule has 1 rings (SSSR count). The Bertz CT molecular complexity index is 368. The standard InChI is InChI=1S/C10H13BrF3N3/c1-3-6-8(11)9(15-2)17-7(16-6)4-5-10(12,13)14/h3-5H2,1-2H3,(H,15,16,17). The van der Waals surface area contributed by atoms with Gasteiger partial charge in [0.15, 0.2) is 0 Å². The Balaban J connectivity index is 2.93. The van der Waals surface area contributed by atoms with Crippen LogP contribution in [0.2, 0.25) is 0 Å². The van der Waals surface area contributed by atoms with Crippen molar-refractivity contribution in [3.05, 3.63) is 16.0 Å². The topological polar surface area (TPSA) is 37.8 Å². The van der Waals surface area contributed by atoms with Crippen molar-refractivity contribution in [2.75, 3.05) is 12.4 Å². The van der Waals surface area contributed by atoms with Crippen LogP contribution in [-0.2, 0) is 12.8 Å². The Labute approximate surface area is 106 Å². The number of aromatic nitrogens is 2. The summed E-state index contributed by atoms with van der Waals surface area (Å²) < 4.78 is 37.0. The Morgan fingerprint density at radius 2 is 1.94 bits per heavy atom. The monoisotopic (exact) mass is 311 g/mol. The zero-order chi connectivity index (χ0) is 13.1. The van der Waals surface area contributed by atoms with Gasteiger partial charge in [0.05, 0.1) is 16.6 Å². The number of alkyl halides is 3. The predicted molar refractivity (Wildman–Crippen MR) is 63.0 cm³/mol. The molecule has 1 heterocycles. The maximum Gasteiger partial charge on any atom is 0.389 e. The quantitative estimate of drug-likeness (QED) is 0.926. The van der Waals surface area contributed by atoms with Crippen LogP contribution >= 0.6 is 15.9 Å². The smallest absolute Gasteiger partial charge is 0.372 e. The van der Waals surface area contributed by atoms with Crippen molar-refractivity contribution < 1.29 is 13.2 Å². The first kappa shape index (κ1) is 14.2. The highest BCUT2D eigenvalue weighted by Crippen LogP contribution is 2.26. The van der Waals surface area contributed by atoms with E-state index in [-0.39, 0.29) is 12.2 Å². The number of nitrogens with one attached hydrogen (secondary N) is 1. The first-order valence-corrected chi connectivity index (χ1v) is 5.96. The van der Waals surface area contributed by atoms with E-state index in [0.717, 1.165) is 0 Å². The van der Waals surface area contributed by atoms with Gasteiger partial charge < -0.3 is 5.32 Å². The van der Waals surface area contributed by atoms with E-state index in [4.69, 9.17) is 0 Å². The molecule has 0 amide bonds. The van der Waals surface area contributed by atoms with Crippen molar-refractivity contribution in [3.8, 4) is 0 Å². The van der Waals surface area contributed by atoms with Gasteiger partial charge in [-0.05, 0) is 22.4 Å². The molecule has 7 heteroatoms. The Kier molecular flexibility index (Phi) is 4.73. The van der Waals surface area contributed by atoms with Crippen LogP contribution in [0.15, 0.2) is 4.47 Å². The number of anilines is 1. The van der Waals surface area contributed by atoms with Crippen molar-refractivity contribution in [2.24, 2.45) is 0 Å². The van der Waals surface area contributed by atoms with E-state index >= 15 is 0 Å². The van der Waals surface area contributed by atoms with E-state index in [0.29, 0.717) is 22.4 Å². The molecule has 0 spiro atoms. The summed E-state index contributed by atoms with van der Waals surface area (Å²) in [6.07, 6.45) is -4.64. The molecule has 0 saturated heterocycles. The Morgan fingerprint density at radius 3 is 2.41 bits per heavy atom. The molecule has 0 aromatic carbocycles. The van der Waals surface area contributed by atoms with Crippen LogP contribution in [0.1, 0.15) is 24.9 Å². The summed E-state index contributed by atoms with van der Waals surface area (Å²) in [5.41, 5.74) is 0.710. The van der Waals surface area contributed by atoms with Crippen LogP contribution in [0.3, 0.4) is 0 Å². The largest absolute Gasteiger partial charge is 0.389 e. The van der Waals surface area contributed by atoms with E-state index < -0.39 is 12.6 Å². The highest BCUT2D eigenvalue weighted by Gasteiger charge is 2.27. The summed E-state index contributed by atoms with van der Waals surface area (Å²) in [5, 5.41) is 2.83. The summed E-state index contributed by atoms with van der Waals surface area (Å²) >= 11 is 3.32. The Morgan fingerprint density at radius 1 is 1.29 bits per heavy atom. The number of hydrogen-bond acceptors (Lipinski definition) is 3. The first-order valence-electron chi connectivity index (χ1n) is 5.17. The van der Waals surface area contributed by atoms with Gasteiger partial charge >= 0.3 is 6.18 Å². The minimum absolute atomic E-state index is 0.196. The molecular weight excluding hydrogens is 299 g/mol. The van der Waals surface area contributed by atoms with Gasteiger partial charge in [0.25, 0.3) is 0 Å². The summed E-state index contributed by atoms with van der Waals surface area (Å²) in [4.78, 5) is 8.14. The zero-order valence-electron chi connectivity index (χ0n) is 9.53. The second-order valence-corrected chi connectivity index (χ2v) is 4.26. The lowest BCUT2D eigenvalue weighted by Crippen LogP contribution is -2.12. The van der Waals surface area contributed by atoms with Crippen LogP contribution in [0.4, 0.5) is 19.0 Å². The summed E-state index contributed by atoms with van der Waals surface area (Å²) in [6.45, 7) is 1.89. The van der Waals surface area contributed by atoms with Gasteiger partial charge in [0.1, 0.15) is 11.6 Å². The molecule has 0 unspecified atom stereocenters. The molecule has 1 aromatic rings. The average molecular weight is 312 g/mol. The second-order valence-electron chi connectivity index (χ2n) is 3.47.